The Morgan fingerprint density at radius 2 is 1.74 bits per heavy atom. The van der Waals surface area contributed by atoms with E-state index in [4.69, 9.17) is 28.9 Å². The lowest BCUT2D eigenvalue weighted by atomic mass is 10.0. The van der Waals surface area contributed by atoms with Crippen LogP contribution in [0.2, 0.25) is 10.0 Å². The van der Waals surface area contributed by atoms with Gasteiger partial charge in [0.05, 0.1) is 22.2 Å². The lowest BCUT2D eigenvalue weighted by Gasteiger charge is -2.09. The van der Waals surface area contributed by atoms with E-state index in [1.807, 2.05) is 42.5 Å². The molecule has 0 aliphatic carbocycles. The Hall–Kier alpha value is -2.53. The summed E-state index contributed by atoms with van der Waals surface area (Å²) in [4.78, 5) is 12.0. The van der Waals surface area contributed by atoms with Gasteiger partial charge < -0.3 is 15.4 Å². The average molecular weight is 399 g/mol. The molecule has 0 radical (unpaired) electrons. The molecule has 0 atom stereocenters. The third kappa shape index (κ3) is 3.06. The van der Waals surface area contributed by atoms with Crippen LogP contribution in [0.1, 0.15) is 21.5 Å². The predicted octanol–water partition coefficient (Wildman–Crippen LogP) is 4.74. The summed E-state index contributed by atoms with van der Waals surface area (Å²) in [5.74, 6) is -0.472. The van der Waals surface area contributed by atoms with Crippen molar-refractivity contribution in [3.8, 4) is 0 Å². The number of nitrogens with two attached hydrogens (primary N) is 1. The summed E-state index contributed by atoms with van der Waals surface area (Å²) in [6.07, 6.45) is 0. The highest BCUT2D eigenvalue weighted by molar-refractivity contribution is 6.42. The lowest BCUT2D eigenvalue weighted by Crippen LogP contribution is -2.11. The van der Waals surface area contributed by atoms with Crippen LogP contribution < -0.4 is 5.73 Å². The SMILES string of the molecule is NC(=O)c1cccc2c1c1ccc(CO)cc1n2Cc1ccc(Cl)c(Cl)c1. The van der Waals surface area contributed by atoms with Crippen molar-refractivity contribution in [2.24, 2.45) is 5.73 Å². The number of nitrogens with zero attached hydrogens (tertiary/aromatic N) is 1. The Balaban J connectivity index is 2.02. The molecule has 3 N–H and O–H groups in total. The number of amides is 1. The Bertz CT molecular complexity index is 1200. The first kappa shape index (κ1) is 17.9. The Labute approximate surface area is 165 Å². The molecule has 0 saturated heterocycles. The van der Waals surface area contributed by atoms with E-state index in [1.54, 1.807) is 12.1 Å². The van der Waals surface area contributed by atoms with Crippen molar-refractivity contribution in [2.45, 2.75) is 13.2 Å². The fourth-order valence-electron chi connectivity index (χ4n) is 3.48. The zero-order chi connectivity index (χ0) is 19.1. The van der Waals surface area contributed by atoms with E-state index < -0.39 is 5.91 Å². The van der Waals surface area contributed by atoms with Crippen molar-refractivity contribution in [1.29, 1.82) is 0 Å². The summed E-state index contributed by atoms with van der Waals surface area (Å²) in [5, 5.41) is 12.3. The van der Waals surface area contributed by atoms with E-state index in [0.717, 1.165) is 32.9 Å². The van der Waals surface area contributed by atoms with Gasteiger partial charge in [0.15, 0.2) is 0 Å². The van der Waals surface area contributed by atoms with Crippen LogP contribution in [0.15, 0.2) is 54.6 Å². The Morgan fingerprint density at radius 1 is 0.963 bits per heavy atom. The standard InChI is InChI=1S/C21H16Cl2N2O2/c22-16-7-5-12(8-17(16)23)10-25-18-3-1-2-15(21(24)27)20(18)14-6-4-13(11-26)9-19(14)25/h1-9,26H,10-11H2,(H2,24,27). The van der Waals surface area contributed by atoms with Crippen LogP contribution in [0.25, 0.3) is 21.8 Å². The molecule has 0 unspecified atom stereocenters. The molecule has 6 heteroatoms. The number of primary amides is 1. The topological polar surface area (TPSA) is 68.2 Å². The van der Waals surface area contributed by atoms with Gasteiger partial charge in [0.1, 0.15) is 0 Å². The third-order valence-corrected chi connectivity index (χ3v) is 5.47. The highest BCUT2D eigenvalue weighted by atomic mass is 35.5. The van der Waals surface area contributed by atoms with Crippen LogP contribution in [0, 0.1) is 0 Å². The highest BCUT2D eigenvalue weighted by Crippen LogP contribution is 2.33. The van der Waals surface area contributed by atoms with Crippen molar-refractivity contribution in [3.63, 3.8) is 0 Å². The van der Waals surface area contributed by atoms with Gasteiger partial charge in [0.25, 0.3) is 0 Å². The van der Waals surface area contributed by atoms with Gasteiger partial charge in [0.2, 0.25) is 5.91 Å². The molecule has 1 heterocycles. The van der Waals surface area contributed by atoms with Crippen LogP contribution >= 0.6 is 23.2 Å². The molecule has 1 aromatic heterocycles. The molecule has 0 aliphatic rings. The van der Waals surface area contributed by atoms with Gasteiger partial charge in [-0.05, 0) is 41.5 Å². The summed E-state index contributed by atoms with van der Waals surface area (Å²) >= 11 is 12.2. The zero-order valence-corrected chi connectivity index (χ0v) is 15.8. The molecule has 0 fully saturated rings. The molecule has 0 bridgehead atoms. The largest absolute Gasteiger partial charge is 0.392 e. The normalized spacial score (nSPS) is 11.4. The summed E-state index contributed by atoms with van der Waals surface area (Å²) in [5.41, 5.74) is 9.65. The number of benzene rings is 3. The molecule has 136 valence electrons. The van der Waals surface area contributed by atoms with Crippen molar-refractivity contribution in [2.75, 3.05) is 0 Å². The van der Waals surface area contributed by atoms with Crippen molar-refractivity contribution >= 4 is 50.9 Å². The monoisotopic (exact) mass is 398 g/mol. The second-order valence-electron chi connectivity index (χ2n) is 6.41. The lowest BCUT2D eigenvalue weighted by molar-refractivity contribution is 0.100. The first-order valence-electron chi connectivity index (χ1n) is 8.38. The average Bonchev–Trinajstić information content (AvgIpc) is 2.97. The minimum absolute atomic E-state index is 0.0626. The minimum atomic E-state index is -0.472. The van der Waals surface area contributed by atoms with E-state index in [-0.39, 0.29) is 6.61 Å². The van der Waals surface area contributed by atoms with Crippen LogP contribution in [0.4, 0.5) is 0 Å². The number of carbonyl (C=O) groups is 1. The van der Waals surface area contributed by atoms with E-state index in [9.17, 15) is 9.90 Å². The minimum Gasteiger partial charge on any atom is -0.392 e. The number of hydrogen-bond acceptors (Lipinski definition) is 2. The molecule has 3 aromatic carbocycles. The number of hydrogen-bond donors (Lipinski definition) is 2. The fraction of sp³-hybridized carbons (Fsp3) is 0.0952. The molecular weight excluding hydrogens is 383 g/mol. The van der Waals surface area contributed by atoms with E-state index in [2.05, 4.69) is 4.57 Å². The van der Waals surface area contributed by atoms with Crippen molar-refractivity contribution in [3.05, 3.63) is 81.3 Å². The number of rotatable bonds is 4. The van der Waals surface area contributed by atoms with Crippen LogP contribution in [0.3, 0.4) is 0 Å². The molecule has 4 nitrogen and oxygen atoms in total. The summed E-state index contributed by atoms with van der Waals surface area (Å²) in [7, 11) is 0. The van der Waals surface area contributed by atoms with Gasteiger partial charge in [0, 0.05) is 28.4 Å². The number of aromatic nitrogens is 1. The first-order valence-corrected chi connectivity index (χ1v) is 9.13. The fourth-order valence-corrected chi connectivity index (χ4v) is 3.81. The smallest absolute Gasteiger partial charge is 0.249 e. The molecule has 4 aromatic rings. The van der Waals surface area contributed by atoms with Crippen molar-refractivity contribution in [1.82, 2.24) is 4.57 Å². The van der Waals surface area contributed by atoms with Crippen LogP contribution in [-0.2, 0) is 13.2 Å². The number of fused-ring (bicyclic) bond motifs is 3. The highest BCUT2D eigenvalue weighted by Gasteiger charge is 2.17. The van der Waals surface area contributed by atoms with Gasteiger partial charge in [-0.3, -0.25) is 4.79 Å². The van der Waals surface area contributed by atoms with Crippen LogP contribution in [-0.4, -0.2) is 15.6 Å². The molecule has 27 heavy (non-hydrogen) atoms. The Morgan fingerprint density at radius 3 is 2.44 bits per heavy atom. The van der Waals surface area contributed by atoms with E-state index >= 15 is 0 Å². The zero-order valence-electron chi connectivity index (χ0n) is 14.2. The van der Waals surface area contributed by atoms with Gasteiger partial charge in [-0.1, -0.05) is 47.5 Å². The maximum absolute atomic E-state index is 12.0. The van der Waals surface area contributed by atoms with Crippen molar-refractivity contribution < 1.29 is 9.90 Å². The maximum atomic E-state index is 12.0. The van der Waals surface area contributed by atoms with Gasteiger partial charge in [-0.15, -0.1) is 0 Å². The predicted molar refractivity (Wildman–Crippen MR) is 109 cm³/mol. The number of halogens is 2. The second-order valence-corrected chi connectivity index (χ2v) is 7.22. The summed E-state index contributed by atoms with van der Waals surface area (Å²) < 4.78 is 2.09. The molecule has 1 amide bonds. The Kier molecular flexibility index (Phi) is 4.56. The second kappa shape index (κ2) is 6.89. The molecule has 4 rings (SSSR count). The maximum Gasteiger partial charge on any atom is 0.249 e. The molecule has 0 spiro atoms. The van der Waals surface area contributed by atoms with Gasteiger partial charge >= 0.3 is 0 Å². The molecule has 0 aliphatic heterocycles. The summed E-state index contributed by atoms with van der Waals surface area (Å²) in [6, 6.07) is 16.7. The summed E-state index contributed by atoms with van der Waals surface area (Å²) in [6.45, 7) is 0.473. The van der Waals surface area contributed by atoms with Crippen LogP contribution in [0.5, 0.6) is 0 Å². The van der Waals surface area contributed by atoms with Gasteiger partial charge in [-0.25, -0.2) is 0 Å². The molecule has 0 saturated carbocycles. The quantitative estimate of drug-likeness (QED) is 0.521. The number of aliphatic hydroxyl groups is 1. The van der Waals surface area contributed by atoms with Gasteiger partial charge in [-0.2, -0.15) is 0 Å². The number of carbonyl (C=O) groups excluding carboxylic acids is 1. The molecular formula is C21H16Cl2N2O2. The van der Waals surface area contributed by atoms with E-state index in [0.29, 0.717) is 22.2 Å². The van der Waals surface area contributed by atoms with E-state index in [1.165, 1.54) is 0 Å². The number of aliphatic hydroxyl groups excluding tert-OH is 1. The first-order chi connectivity index (χ1) is 13.0. The third-order valence-electron chi connectivity index (χ3n) is 4.73.